The van der Waals surface area contributed by atoms with E-state index < -0.39 is 38.3 Å². The van der Waals surface area contributed by atoms with Crippen molar-refractivity contribution < 1.29 is 25.2 Å². The third kappa shape index (κ3) is 3.09. The number of nitrogens with two attached hydrogens (primary N) is 1. The number of ether oxygens (including phenoxy) is 1. The van der Waals surface area contributed by atoms with Crippen molar-refractivity contribution in [1.29, 1.82) is 0 Å². The first-order valence-electron chi connectivity index (χ1n) is 6.21. The Morgan fingerprint density at radius 2 is 1.90 bits per heavy atom. The van der Waals surface area contributed by atoms with Crippen LogP contribution in [0.2, 0.25) is 0 Å². The molecule has 0 aliphatic heterocycles. The first kappa shape index (κ1) is 15.5. The molecule has 6 N–H and O–H groups in total. The van der Waals surface area contributed by atoms with Gasteiger partial charge in [0.2, 0.25) is 0 Å². The van der Waals surface area contributed by atoms with E-state index >= 15 is 0 Å². The zero-order valence-electron chi connectivity index (χ0n) is 11.1. The second kappa shape index (κ2) is 6.74. The molecule has 2 rings (SSSR count). The first-order valence-corrected chi connectivity index (χ1v) is 6.21. The molecule has 2 heterocycles. The van der Waals surface area contributed by atoms with Crippen LogP contribution in [0.15, 0.2) is 12.7 Å². The number of fused-ring (bicyclic) bond motifs is 1. The highest BCUT2D eigenvalue weighted by molar-refractivity contribution is 5.81. The number of aliphatic hydroxyl groups excluding tert-OH is 4. The van der Waals surface area contributed by atoms with Gasteiger partial charge in [-0.1, -0.05) is 0 Å². The Morgan fingerprint density at radius 3 is 2.52 bits per heavy atom. The molecule has 0 unspecified atom stereocenters. The highest BCUT2D eigenvalue weighted by Gasteiger charge is 2.25. The van der Waals surface area contributed by atoms with Gasteiger partial charge in [-0.05, 0) is 0 Å². The zero-order valence-corrected chi connectivity index (χ0v) is 11.1. The van der Waals surface area contributed by atoms with Crippen LogP contribution in [0.25, 0.3) is 11.2 Å². The SMILES string of the molecule is Nc1ncnc2c1ncn2[C@@H](CO)O[C@H](CO)[C@H](O)CO. The Bertz CT molecular complexity index is 591. The largest absolute Gasteiger partial charge is 0.394 e. The maximum Gasteiger partial charge on any atom is 0.167 e. The number of imidazole rings is 1. The van der Waals surface area contributed by atoms with Crippen molar-refractivity contribution in [1.82, 2.24) is 19.5 Å². The lowest BCUT2D eigenvalue weighted by atomic mass is 10.2. The molecule has 0 aliphatic carbocycles. The molecule has 2 aromatic rings. The predicted molar refractivity (Wildman–Crippen MR) is 70.9 cm³/mol. The van der Waals surface area contributed by atoms with Crippen LogP contribution in [0.3, 0.4) is 0 Å². The second-order valence-corrected chi connectivity index (χ2v) is 4.33. The molecule has 0 aliphatic rings. The normalized spacial score (nSPS) is 16.0. The van der Waals surface area contributed by atoms with Gasteiger partial charge in [-0.15, -0.1) is 0 Å². The molecule has 10 nitrogen and oxygen atoms in total. The Kier molecular flexibility index (Phi) is 4.98. The van der Waals surface area contributed by atoms with Crippen LogP contribution in [-0.4, -0.2) is 72.0 Å². The first-order chi connectivity index (χ1) is 10.1. The number of anilines is 1. The summed E-state index contributed by atoms with van der Waals surface area (Å²) in [6.45, 7) is -1.56. The molecule has 3 atom stereocenters. The monoisotopic (exact) mass is 299 g/mol. The number of nitrogen functional groups attached to an aromatic ring is 1. The van der Waals surface area contributed by atoms with E-state index in [1.807, 2.05) is 0 Å². The molecule has 21 heavy (non-hydrogen) atoms. The van der Waals surface area contributed by atoms with Crippen LogP contribution in [0.1, 0.15) is 6.23 Å². The van der Waals surface area contributed by atoms with E-state index in [0.29, 0.717) is 11.2 Å². The van der Waals surface area contributed by atoms with E-state index in [2.05, 4.69) is 15.0 Å². The smallest absolute Gasteiger partial charge is 0.167 e. The second-order valence-electron chi connectivity index (χ2n) is 4.33. The van der Waals surface area contributed by atoms with Crippen molar-refractivity contribution >= 4 is 17.0 Å². The molecule has 0 radical (unpaired) electrons. The third-order valence-electron chi connectivity index (χ3n) is 2.98. The Morgan fingerprint density at radius 1 is 1.14 bits per heavy atom. The summed E-state index contributed by atoms with van der Waals surface area (Å²) in [6, 6.07) is 0. The highest BCUT2D eigenvalue weighted by Crippen LogP contribution is 2.21. The lowest BCUT2D eigenvalue weighted by Crippen LogP contribution is -2.38. The van der Waals surface area contributed by atoms with Gasteiger partial charge in [0.25, 0.3) is 0 Å². The maximum absolute atomic E-state index is 9.53. The van der Waals surface area contributed by atoms with E-state index in [1.54, 1.807) is 0 Å². The number of hydrogen-bond donors (Lipinski definition) is 5. The number of aliphatic hydroxyl groups is 4. The summed E-state index contributed by atoms with van der Waals surface area (Å²) in [6.07, 6.45) is -0.697. The molecule has 0 bridgehead atoms. The van der Waals surface area contributed by atoms with Crippen LogP contribution in [0, 0.1) is 0 Å². The molecule has 0 saturated carbocycles. The predicted octanol–water partition coefficient (Wildman–Crippen LogP) is -2.37. The summed E-state index contributed by atoms with van der Waals surface area (Å²) in [5, 5.41) is 37.1. The van der Waals surface area contributed by atoms with E-state index in [4.69, 9.17) is 15.6 Å². The zero-order chi connectivity index (χ0) is 15.4. The number of hydrogen-bond acceptors (Lipinski definition) is 9. The molecule has 0 saturated heterocycles. The molecule has 0 fully saturated rings. The summed E-state index contributed by atoms with van der Waals surface area (Å²) in [7, 11) is 0. The quantitative estimate of drug-likeness (QED) is 0.376. The maximum atomic E-state index is 9.53. The van der Waals surface area contributed by atoms with Gasteiger partial charge in [0.05, 0.1) is 26.1 Å². The summed E-state index contributed by atoms with van der Waals surface area (Å²) in [4.78, 5) is 11.8. The van der Waals surface area contributed by atoms with Crippen molar-refractivity contribution in [2.45, 2.75) is 18.4 Å². The number of nitrogens with zero attached hydrogens (tertiary/aromatic N) is 4. The average Bonchev–Trinajstić information content (AvgIpc) is 2.93. The van der Waals surface area contributed by atoms with E-state index in [-0.39, 0.29) is 5.82 Å². The molecular weight excluding hydrogens is 282 g/mol. The van der Waals surface area contributed by atoms with E-state index in [9.17, 15) is 15.3 Å². The van der Waals surface area contributed by atoms with Gasteiger partial charge in [0.15, 0.2) is 17.7 Å². The van der Waals surface area contributed by atoms with E-state index in [1.165, 1.54) is 17.2 Å². The molecule has 0 spiro atoms. The van der Waals surface area contributed by atoms with Crippen LogP contribution >= 0.6 is 0 Å². The van der Waals surface area contributed by atoms with Crippen LogP contribution in [0.4, 0.5) is 5.82 Å². The van der Waals surface area contributed by atoms with Gasteiger partial charge in [0, 0.05) is 0 Å². The minimum atomic E-state index is -1.28. The van der Waals surface area contributed by atoms with Crippen molar-refractivity contribution in [2.24, 2.45) is 0 Å². The molecule has 0 amide bonds. The summed E-state index contributed by atoms with van der Waals surface area (Å²) < 4.78 is 6.81. The summed E-state index contributed by atoms with van der Waals surface area (Å²) >= 11 is 0. The van der Waals surface area contributed by atoms with Crippen LogP contribution in [-0.2, 0) is 4.74 Å². The average molecular weight is 299 g/mol. The molecular formula is C11H17N5O5. The van der Waals surface area contributed by atoms with Gasteiger partial charge in [-0.25, -0.2) is 15.0 Å². The van der Waals surface area contributed by atoms with Gasteiger partial charge < -0.3 is 30.9 Å². The van der Waals surface area contributed by atoms with Crippen molar-refractivity contribution in [3.63, 3.8) is 0 Å². The lowest BCUT2D eigenvalue weighted by Gasteiger charge is -2.25. The topological polar surface area (TPSA) is 160 Å². The lowest BCUT2D eigenvalue weighted by molar-refractivity contribution is -0.143. The fourth-order valence-corrected chi connectivity index (χ4v) is 1.85. The number of rotatable bonds is 7. The number of aromatic nitrogens is 4. The Hall–Kier alpha value is -1.85. The van der Waals surface area contributed by atoms with Crippen molar-refractivity contribution in [3.05, 3.63) is 12.7 Å². The van der Waals surface area contributed by atoms with Crippen molar-refractivity contribution in [2.75, 3.05) is 25.6 Å². The van der Waals surface area contributed by atoms with Gasteiger partial charge >= 0.3 is 0 Å². The summed E-state index contributed by atoms with van der Waals surface area (Å²) in [5.74, 6) is 0.185. The van der Waals surface area contributed by atoms with Crippen molar-refractivity contribution in [3.8, 4) is 0 Å². The van der Waals surface area contributed by atoms with Crippen LogP contribution in [0.5, 0.6) is 0 Å². The van der Waals surface area contributed by atoms with Gasteiger partial charge in [-0.3, -0.25) is 4.57 Å². The molecule has 10 heteroatoms. The van der Waals surface area contributed by atoms with E-state index in [0.717, 1.165) is 0 Å². The highest BCUT2D eigenvalue weighted by atomic mass is 16.5. The van der Waals surface area contributed by atoms with Gasteiger partial charge in [-0.2, -0.15) is 0 Å². The minimum absolute atomic E-state index is 0.185. The van der Waals surface area contributed by atoms with Crippen LogP contribution < -0.4 is 5.73 Å². The fourth-order valence-electron chi connectivity index (χ4n) is 1.85. The van der Waals surface area contributed by atoms with Gasteiger partial charge in [0.1, 0.15) is 24.1 Å². The Labute approximate surface area is 119 Å². The molecule has 0 aromatic carbocycles. The fraction of sp³-hybridized carbons (Fsp3) is 0.545. The minimum Gasteiger partial charge on any atom is -0.394 e. The standard InChI is InChI=1S/C11H17N5O5/c12-10-9-11(14-4-13-10)16(5-15-9)8(3-19)21-7(2-18)6(20)1-17/h4-8,17-20H,1-3H2,(H2,12,13,14)/t6-,7-,8-/m1/s1. The Balaban J connectivity index is 2.29. The summed E-state index contributed by atoms with van der Waals surface area (Å²) in [5.41, 5.74) is 6.36. The molecule has 2 aromatic heterocycles. The molecule has 116 valence electrons. The third-order valence-corrected chi connectivity index (χ3v) is 2.98.